The topological polar surface area (TPSA) is 117 Å². The van der Waals surface area contributed by atoms with E-state index in [4.69, 9.17) is 14.6 Å². The van der Waals surface area contributed by atoms with E-state index in [2.05, 4.69) is 4.72 Å². The number of aliphatic hydroxyl groups is 1. The number of aryl methyl sites for hydroxylation is 1. The Morgan fingerprint density at radius 2 is 2.17 bits per heavy atom. The van der Waals surface area contributed by atoms with E-state index in [1.807, 2.05) is 0 Å². The molecule has 0 aliphatic carbocycles. The highest BCUT2D eigenvalue weighted by atomic mass is 32.2. The summed E-state index contributed by atoms with van der Waals surface area (Å²) < 4.78 is 31.0. The van der Waals surface area contributed by atoms with Crippen molar-refractivity contribution in [2.45, 2.75) is 31.2 Å². The number of hydrogen-bond donors (Lipinski definition) is 3. The van der Waals surface area contributed by atoms with E-state index in [0.717, 1.165) is 6.07 Å². The minimum atomic E-state index is -3.89. The third kappa shape index (κ3) is 3.09. The molecule has 3 N–H and O–H groups in total. The van der Waals surface area contributed by atoms with Crippen LogP contribution in [0.15, 0.2) is 15.4 Å². The first kappa shape index (κ1) is 14.7. The van der Waals surface area contributed by atoms with Crippen molar-refractivity contribution < 1.29 is 27.8 Å². The molecule has 7 nitrogen and oxygen atoms in total. The van der Waals surface area contributed by atoms with E-state index in [-0.39, 0.29) is 17.3 Å². The number of nitrogens with one attached hydrogen (secondary N) is 1. The van der Waals surface area contributed by atoms with Crippen molar-refractivity contribution in [1.29, 1.82) is 0 Å². The number of hydrogen-bond acceptors (Lipinski definition) is 5. The fourth-order valence-corrected chi connectivity index (χ4v) is 2.86. The summed E-state index contributed by atoms with van der Waals surface area (Å²) >= 11 is 0. The fraction of sp³-hybridized carbons (Fsp3) is 0.500. The summed E-state index contributed by atoms with van der Waals surface area (Å²) in [5.41, 5.74) is 0. The van der Waals surface area contributed by atoms with Crippen LogP contribution in [0.5, 0.6) is 0 Å². The third-order valence-corrected chi connectivity index (χ3v) is 4.04. The Kier molecular flexibility index (Phi) is 4.49. The molecule has 1 aromatic heterocycles. The second-order valence-corrected chi connectivity index (χ2v) is 5.43. The predicted octanol–water partition coefficient (Wildman–Crippen LogP) is 0.335. The Hall–Kier alpha value is -1.38. The standard InChI is InChI=1S/C10H15NO6S/c1-3-7(5-12)11-18(15,16)9-4-8(10(13)14)17-6(9)2/h4,7,11-12H,3,5H2,1-2H3,(H,13,14)/t7-/m1/s1. The van der Waals surface area contributed by atoms with Gasteiger partial charge in [0.2, 0.25) is 15.8 Å². The Bertz CT molecular complexity index is 529. The highest BCUT2D eigenvalue weighted by molar-refractivity contribution is 7.89. The van der Waals surface area contributed by atoms with Crippen LogP contribution >= 0.6 is 0 Å². The molecule has 0 aliphatic heterocycles. The lowest BCUT2D eigenvalue weighted by atomic mass is 10.3. The van der Waals surface area contributed by atoms with E-state index in [1.165, 1.54) is 6.92 Å². The van der Waals surface area contributed by atoms with Gasteiger partial charge in [-0.2, -0.15) is 0 Å². The lowest BCUT2D eigenvalue weighted by Gasteiger charge is -2.13. The largest absolute Gasteiger partial charge is 0.475 e. The zero-order chi connectivity index (χ0) is 13.9. The van der Waals surface area contributed by atoms with E-state index in [9.17, 15) is 13.2 Å². The fourth-order valence-electron chi connectivity index (χ4n) is 1.37. The average molecular weight is 277 g/mol. The van der Waals surface area contributed by atoms with Crippen LogP contribution in [-0.2, 0) is 10.0 Å². The highest BCUT2D eigenvalue weighted by Gasteiger charge is 2.25. The number of aromatic carboxylic acids is 1. The van der Waals surface area contributed by atoms with Gasteiger partial charge in [-0.05, 0) is 13.3 Å². The first-order chi connectivity index (χ1) is 8.31. The molecule has 0 unspecified atom stereocenters. The van der Waals surface area contributed by atoms with Gasteiger partial charge in [0.25, 0.3) is 0 Å². The van der Waals surface area contributed by atoms with Crippen LogP contribution in [0.4, 0.5) is 0 Å². The SMILES string of the molecule is CC[C@H](CO)NS(=O)(=O)c1cc(C(=O)O)oc1C. The Morgan fingerprint density at radius 1 is 1.56 bits per heavy atom. The molecule has 1 heterocycles. The Labute approximate surface area is 104 Å². The summed E-state index contributed by atoms with van der Waals surface area (Å²) in [7, 11) is -3.89. The molecule has 1 aromatic rings. The third-order valence-electron chi connectivity index (χ3n) is 2.41. The monoisotopic (exact) mass is 277 g/mol. The highest BCUT2D eigenvalue weighted by Crippen LogP contribution is 2.20. The number of carboxylic acids is 1. The van der Waals surface area contributed by atoms with Gasteiger partial charge in [0.15, 0.2) is 0 Å². The molecule has 1 rings (SSSR count). The van der Waals surface area contributed by atoms with E-state index < -0.39 is 27.8 Å². The van der Waals surface area contributed by atoms with Gasteiger partial charge in [0.1, 0.15) is 10.7 Å². The molecule has 0 bridgehead atoms. The molecule has 18 heavy (non-hydrogen) atoms. The molecule has 102 valence electrons. The predicted molar refractivity (Wildman–Crippen MR) is 61.9 cm³/mol. The quantitative estimate of drug-likeness (QED) is 0.690. The molecule has 0 amide bonds. The van der Waals surface area contributed by atoms with Crippen molar-refractivity contribution in [2.75, 3.05) is 6.61 Å². The Morgan fingerprint density at radius 3 is 2.56 bits per heavy atom. The van der Waals surface area contributed by atoms with Crippen LogP contribution in [0.25, 0.3) is 0 Å². The van der Waals surface area contributed by atoms with E-state index in [0.29, 0.717) is 6.42 Å². The molecular formula is C10H15NO6S. The van der Waals surface area contributed by atoms with Gasteiger partial charge in [-0.1, -0.05) is 6.92 Å². The van der Waals surface area contributed by atoms with Gasteiger partial charge < -0.3 is 14.6 Å². The molecule has 8 heteroatoms. The second-order valence-electron chi connectivity index (χ2n) is 3.75. The van der Waals surface area contributed by atoms with Crippen molar-refractivity contribution in [3.63, 3.8) is 0 Å². The van der Waals surface area contributed by atoms with Crippen molar-refractivity contribution >= 4 is 16.0 Å². The molecule has 0 saturated heterocycles. The number of furan rings is 1. The lowest BCUT2D eigenvalue weighted by molar-refractivity contribution is 0.0661. The second kappa shape index (κ2) is 5.51. The lowest BCUT2D eigenvalue weighted by Crippen LogP contribution is -2.37. The van der Waals surface area contributed by atoms with Crippen molar-refractivity contribution in [1.82, 2.24) is 4.72 Å². The van der Waals surface area contributed by atoms with Crippen LogP contribution in [0.3, 0.4) is 0 Å². The molecular weight excluding hydrogens is 262 g/mol. The maximum Gasteiger partial charge on any atom is 0.371 e. The van der Waals surface area contributed by atoms with Gasteiger partial charge in [0, 0.05) is 12.1 Å². The smallest absolute Gasteiger partial charge is 0.371 e. The zero-order valence-electron chi connectivity index (χ0n) is 10.0. The van der Waals surface area contributed by atoms with Gasteiger partial charge in [-0.15, -0.1) is 0 Å². The average Bonchev–Trinajstić information content (AvgIpc) is 2.69. The number of carboxylic acid groups (broad SMARTS) is 1. The number of sulfonamides is 1. The molecule has 0 aromatic carbocycles. The van der Waals surface area contributed by atoms with Gasteiger partial charge in [-0.25, -0.2) is 17.9 Å². The van der Waals surface area contributed by atoms with Crippen LogP contribution in [-0.4, -0.2) is 37.2 Å². The van der Waals surface area contributed by atoms with Gasteiger partial charge in [-0.3, -0.25) is 0 Å². The van der Waals surface area contributed by atoms with Crippen LogP contribution < -0.4 is 4.72 Å². The van der Waals surface area contributed by atoms with Crippen LogP contribution in [0, 0.1) is 6.92 Å². The molecule has 0 spiro atoms. The summed E-state index contributed by atoms with van der Waals surface area (Å²) in [4.78, 5) is 10.4. The van der Waals surface area contributed by atoms with E-state index >= 15 is 0 Å². The van der Waals surface area contributed by atoms with Crippen molar-refractivity contribution in [3.05, 3.63) is 17.6 Å². The number of rotatable bonds is 6. The molecule has 0 saturated carbocycles. The molecule has 0 aliphatic rings. The summed E-state index contributed by atoms with van der Waals surface area (Å²) in [5.74, 6) is -1.79. The normalized spacial score (nSPS) is 13.5. The van der Waals surface area contributed by atoms with Gasteiger partial charge >= 0.3 is 5.97 Å². The first-order valence-electron chi connectivity index (χ1n) is 5.28. The minimum Gasteiger partial charge on any atom is -0.475 e. The van der Waals surface area contributed by atoms with E-state index in [1.54, 1.807) is 6.92 Å². The number of carbonyl (C=O) groups is 1. The maximum atomic E-state index is 11.9. The summed E-state index contributed by atoms with van der Waals surface area (Å²) in [6.45, 7) is 2.74. The van der Waals surface area contributed by atoms with Crippen molar-refractivity contribution in [3.8, 4) is 0 Å². The summed E-state index contributed by atoms with van der Waals surface area (Å²) in [6, 6.07) is 0.335. The van der Waals surface area contributed by atoms with Gasteiger partial charge in [0.05, 0.1) is 6.61 Å². The maximum absolute atomic E-state index is 11.9. The van der Waals surface area contributed by atoms with Crippen LogP contribution in [0.1, 0.15) is 29.7 Å². The van der Waals surface area contributed by atoms with Crippen LogP contribution in [0.2, 0.25) is 0 Å². The molecule has 0 radical (unpaired) electrons. The first-order valence-corrected chi connectivity index (χ1v) is 6.77. The summed E-state index contributed by atoms with van der Waals surface area (Å²) in [5, 5.41) is 17.7. The molecule has 0 fully saturated rings. The number of aliphatic hydroxyl groups excluding tert-OH is 1. The molecule has 1 atom stereocenters. The Balaban J connectivity index is 3.09. The zero-order valence-corrected chi connectivity index (χ0v) is 10.8. The van der Waals surface area contributed by atoms with Crippen molar-refractivity contribution in [2.24, 2.45) is 0 Å². The minimum absolute atomic E-state index is 0.00677. The summed E-state index contributed by atoms with van der Waals surface area (Å²) in [6.07, 6.45) is 0.415.